The van der Waals surface area contributed by atoms with E-state index in [1.165, 1.54) is 11.3 Å². The van der Waals surface area contributed by atoms with E-state index < -0.39 is 0 Å². The molecule has 0 bridgehead atoms. The van der Waals surface area contributed by atoms with Crippen molar-refractivity contribution >= 4 is 28.0 Å². The molecular formula is C19H24N4O2S. The smallest absolute Gasteiger partial charge is 0.263 e. The number of anilines is 1. The minimum Gasteiger partial charge on any atom is -0.383 e. The maximum atomic E-state index is 12.5. The summed E-state index contributed by atoms with van der Waals surface area (Å²) < 4.78 is 7.19. The Morgan fingerprint density at radius 1 is 1.31 bits per heavy atom. The molecule has 0 fully saturated rings. The molecule has 3 aromatic rings. The predicted molar refractivity (Wildman–Crippen MR) is 106 cm³/mol. The number of hydrogen-bond donors (Lipinski definition) is 2. The van der Waals surface area contributed by atoms with Crippen LogP contribution in [0.2, 0.25) is 0 Å². The number of methoxy groups -OCH3 is 1. The molecule has 0 aliphatic carbocycles. The van der Waals surface area contributed by atoms with Gasteiger partial charge in [-0.2, -0.15) is 0 Å². The number of aromatic nitrogens is 2. The number of ether oxygens (including phenoxy) is 1. The quantitative estimate of drug-likeness (QED) is 0.622. The molecule has 138 valence electrons. The van der Waals surface area contributed by atoms with E-state index >= 15 is 0 Å². The average molecular weight is 372 g/mol. The van der Waals surface area contributed by atoms with Crippen LogP contribution in [-0.4, -0.2) is 41.6 Å². The highest BCUT2D eigenvalue weighted by Gasteiger charge is 2.22. The third kappa shape index (κ3) is 3.59. The molecule has 2 heterocycles. The molecule has 3 rings (SSSR count). The van der Waals surface area contributed by atoms with Crippen molar-refractivity contribution in [3.8, 4) is 11.3 Å². The number of benzene rings is 1. The second kappa shape index (κ2) is 7.88. The minimum atomic E-state index is -0.0582. The number of carbonyl (C=O) groups is 1. The van der Waals surface area contributed by atoms with Crippen LogP contribution < -0.4 is 10.6 Å². The van der Waals surface area contributed by atoms with Crippen LogP contribution in [0.4, 0.5) is 5.82 Å². The predicted octanol–water partition coefficient (Wildman–Crippen LogP) is 3.57. The van der Waals surface area contributed by atoms with Crippen molar-refractivity contribution in [2.24, 2.45) is 0 Å². The van der Waals surface area contributed by atoms with Gasteiger partial charge in [0, 0.05) is 31.0 Å². The Morgan fingerprint density at radius 3 is 2.69 bits per heavy atom. The van der Waals surface area contributed by atoms with Crippen molar-refractivity contribution in [3.63, 3.8) is 0 Å². The van der Waals surface area contributed by atoms with E-state index in [1.807, 2.05) is 55.5 Å². The first kappa shape index (κ1) is 18.4. The van der Waals surface area contributed by atoms with Crippen LogP contribution in [0, 0.1) is 6.92 Å². The highest BCUT2D eigenvalue weighted by molar-refractivity contribution is 7.19. The number of rotatable bonds is 7. The van der Waals surface area contributed by atoms with E-state index in [2.05, 4.69) is 10.6 Å². The van der Waals surface area contributed by atoms with Crippen LogP contribution in [0.15, 0.2) is 30.3 Å². The summed E-state index contributed by atoms with van der Waals surface area (Å²) in [5, 5.41) is 6.38. The zero-order valence-corrected chi connectivity index (χ0v) is 16.3. The van der Waals surface area contributed by atoms with Gasteiger partial charge in [0.2, 0.25) is 0 Å². The van der Waals surface area contributed by atoms with Gasteiger partial charge in [0.05, 0.1) is 6.61 Å². The summed E-state index contributed by atoms with van der Waals surface area (Å²) in [6.45, 7) is 7.11. The van der Waals surface area contributed by atoms with Gasteiger partial charge in [0.25, 0.3) is 5.91 Å². The van der Waals surface area contributed by atoms with Crippen molar-refractivity contribution in [2.45, 2.75) is 26.8 Å². The van der Waals surface area contributed by atoms with Crippen LogP contribution in [0.5, 0.6) is 0 Å². The third-order valence-electron chi connectivity index (χ3n) is 3.98. The van der Waals surface area contributed by atoms with Gasteiger partial charge in [0.1, 0.15) is 16.4 Å². The van der Waals surface area contributed by atoms with Crippen molar-refractivity contribution in [1.29, 1.82) is 0 Å². The fourth-order valence-corrected chi connectivity index (χ4v) is 3.85. The standard InChI is InChI=1S/C19H24N4O2S/c1-12(2)21-18(24)16-13(3)23-17(20-10-11-25-4)15(22-19(23)26-16)14-8-6-5-7-9-14/h5-9,12,20H,10-11H2,1-4H3,(H,21,24). The largest absolute Gasteiger partial charge is 0.383 e. The lowest BCUT2D eigenvalue weighted by atomic mass is 10.1. The Kier molecular flexibility index (Phi) is 5.58. The lowest BCUT2D eigenvalue weighted by molar-refractivity contribution is 0.0946. The zero-order valence-electron chi connectivity index (χ0n) is 15.5. The van der Waals surface area contributed by atoms with Gasteiger partial charge in [-0.25, -0.2) is 4.98 Å². The number of nitrogens with zero attached hydrogens (tertiary/aromatic N) is 2. The molecule has 0 aliphatic rings. The summed E-state index contributed by atoms with van der Waals surface area (Å²) in [5.41, 5.74) is 2.81. The molecule has 0 spiro atoms. The highest BCUT2D eigenvalue weighted by Crippen LogP contribution is 2.34. The normalized spacial score (nSPS) is 11.3. The molecule has 0 atom stereocenters. The van der Waals surface area contributed by atoms with E-state index in [4.69, 9.17) is 9.72 Å². The second-order valence-electron chi connectivity index (χ2n) is 6.36. The van der Waals surface area contributed by atoms with Gasteiger partial charge in [-0.1, -0.05) is 41.7 Å². The fourth-order valence-electron chi connectivity index (χ4n) is 2.82. The van der Waals surface area contributed by atoms with Gasteiger partial charge in [-0.05, 0) is 20.8 Å². The molecule has 7 heteroatoms. The fraction of sp³-hybridized carbons (Fsp3) is 0.368. The monoisotopic (exact) mass is 372 g/mol. The second-order valence-corrected chi connectivity index (χ2v) is 7.33. The first-order valence-corrected chi connectivity index (χ1v) is 9.45. The number of nitrogens with one attached hydrogen (secondary N) is 2. The molecule has 0 unspecified atom stereocenters. The summed E-state index contributed by atoms with van der Waals surface area (Å²) in [6.07, 6.45) is 0. The van der Waals surface area contributed by atoms with Crippen LogP contribution >= 0.6 is 11.3 Å². The summed E-state index contributed by atoms with van der Waals surface area (Å²) >= 11 is 1.41. The Hall–Kier alpha value is -2.38. The molecule has 0 saturated carbocycles. The third-order valence-corrected chi connectivity index (χ3v) is 5.12. The molecule has 0 aliphatic heterocycles. The van der Waals surface area contributed by atoms with Crippen LogP contribution in [0.3, 0.4) is 0 Å². The number of carbonyl (C=O) groups excluding carboxylic acids is 1. The Morgan fingerprint density at radius 2 is 2.04 bits per heavy atom. The summed E-state index contributed by atoms with van der Waals surface area (Å²) in [6, 6.07) is 10.1. The summed E-state index contributed by atoms with van der Waals surface area (Å²) in [5.74, 6) is 0.831. The number of fused-ring (bicyclic) bond motifs is 1. The molecule has 2 aromatic heterocycles. The van der Waals surface area contributed by atoms with Crippen molar-refractivity contribution in [1.82, 2.24) is 14.7 Å². The average Bonchev–Trinajstić information content (AvgIpc) is 3.13. The topological polar surface area (TPSA) is 67.7 Å². The number of imidazole rings is 1. The molecule has 2 N–H and O–H groups in total. The maximum absolute atomic E-state index is 12.5. The first-order valence-electron chi connectivity index (χ1n) is 8.63. The number of aryl methyl sites for hydroxylation is 1. The van der Waals surface area contributed by atoms with Crippen molar-refractivity contribution < 1.29 is 9.53 Å². The molecule has 1 aromatic carbocycles. The molecule has 26 heavy (non-hydrogen) atoms. The van der Waals surface area contributed by atoms with Crippen LogP contribution in [0.1, 0.15) is 29.2 Å². The van der Waals surface area contributed by atoms with Crippen LogP contribution in [0.25, 0.3) is 16.2 Å². The van der Waals surface area contributed by atoms with E-state index in [0.717, 1.165) is 27.7 Å². The number of amides is 1. The Balaban J connectivity index is 2.08. The lowest BCUT2D eigenvalue weighted by Gasteiger charge is -2.10. The van der Waals surface area contributed by atoms with E-state index in [1.54, 1.807) is 7.11 Å². The SMILES string of the molecule is COCCNc1c(-c2ccccc2)nc2sc(C(=O)NC(C)C)c(C)n12. The highest BCUT2D eigenvalue weighted by atomic mass is 32.1. The molecule has 1 amide bonds. The minimum absolute atomic E-state index is 0.0582. The van der Waals surface area contributed by atoms with Gasteiger partial charge in [-0.3, -0.25) is 9.20 Å². The number of thiazole rings is 1. The van der Waals surface area contributed by atoms with Gasteiger partial charge < -0.3 is 15.4 Å². The Labute approximate surface area is 157 Å². The van der Waals surface area contributed by atoms with E-state index in [9.17, 15) is 4.79 Å². The Bertz CT molecular complexity index is 899. The zero-order chi connectivity index (χ0) is 18.7. The van der Waals surface area contributed by atoms with Gasteiger partial charge in [-0.15, -0.1) is 0 Å². The number of hydrogen-bond acceptors (Lipinski definition) is 5. The molecule has 0 radical (unpaired) electrons. The lowest BCUT2D eigenvalue weighted by Crippen LogP contribution is -2.30. The maximum Gasteiger partial charge on any atom is 0.263 e. The molecular weight excluding hydrogens is 348 g/mol. The van der Waals surface area contributed by atoms with Gasteiger partial charge in [0.15, 0.2) is 4.96 Å². The molecule has 0 saturated heterocycles. The summed E-state index contributed by atoms with van der Waals surface area (Å²) in [4.78, 5) is 18.8. The van der Waals surface area contributed by atoms with Crippen molar-refractivity contribution in [2.75, 3.05) is 25.6 Å². The first-order chi connectivity index (χ1) is 12.5. The van der Waals surface area contributed by atoms with E-state index in [-0.39, 0.29) is 11.9 Å². The molecule has 6 nitrogen and oxygen atoms in total. The van der Waals surface area contributed by atoms with E-state index in [0.29, 0.717) is 18.0 Å². The summed E-state index contributed by atoms with van der Waals surface area (Å²) in [7, 11) is 1.68. The van der Waals surface area contributed by atoms with Crippen LogP contribution in [-0.2, 0) is 4.74 Å². The van der Waals surface area contributed by atoms with Gasteiger partial charge >= 0.3 is 0 Å². The van der Waals surface area contributed by atoms with Crippen molar-refractivity contribution in [3.05, 3.63) is 40.9 Å².